The lowest BCUT2D eigenvalue weighted by molar-refractivity contribution is 0.173. The average molecular weight is 201 g/mol. The summed E-state index contributed by atoms with van der Waals surface area (Å²) in [5.74, 6) is 0. The fraction of sp³-hybridized carbons (Fsp3) is 0.417. The van der Waals surface area contributed by atoms with E-state index in [9.17, 15) is 0 Å². The highest BCUT2D eigenvalue weighted by Crippen LogP contribution is 2.07. The SMILES string of the molecule is CB(C)c1ccc(CC2=NOCC2)cc1. The molecule has 0 amide bonds. The molecule has 1 aromatic carbocycles. The van der Waals surface area contributed by atoms with E-state index < -0.39 is 0 Å². The maximum Gasteiger partial charge on any atom is 0.169 e. The third-order valence-electron chi connectivity index (χ3n) is 2.73. The average Bonchev–Trinajstić information content (AvgIpc) is 2.71. The van der Waals surface area contributed by atoms with Crippen LogP contribution in [-0.4, -0.2) is 19.0 Å². The van der Waals surface area contributed by atoms with E-state index in [0.29, 0.717) is 6.71 Å². The molecule has 0 aromatic heterocycles. The Labute approximate surface area is 91.4 Å². The van der Waals surface area contributed by atoms with Gasteiger partial charge in [-0.05, 0) is 5.56 Å². The molecule has 0 aliphatic carbocycles. The van der Waals surface area contributed by atoms with Gasteiger partial charge in [0.25, 0.3) is 0 Å². The van der Waals surface area contributed by atoms with Gasteiger partial charge in [0, 0.05) is 12.8 Å². The van der Waals surface area contributed by atoms with E-state index in [1.54, 1.807) is 0 Å². The van der Waals surface area contributed by atoms with Crippen molar-refractivity contribution in [2.75, 3.05) is 6.61 Å². The molecule has 0 atom stereocenters. The van der Waals surface area contributed by atoms with Gasteiger partial charge in [0.2, 0.25) is 0 Å². The summed E-state index contributed by atoms with van der Waals surface area (Å²) in [4.78, 5) is 4.98. The van der Waals surface area contributed by atoms with Crippen molar-refractivity contribution in [2.45, 2.75) is 26.5 Å². The molecule has 1 aliphatic rings. The molecule has 0 radical (unpaired) electrons. The molecule has 1 aliphatic heterocycles. The lowest BCUT2D eigenvalue weighted by Gasteiger charge is -2.04. The zero-order valence-electron chi connectivity index (χ0n) is 9.36. The first kappa shape index (κ1) is 10.3. The molecule has 15 heavy (non-hydrogen) atoms. The number of rotatable bonds is 3. The van der Waals surface area contributed by atoms with E-state index in [0.717, 1.165) is 25.2 Å². The minimum atomic E-state index is 0.603. The molecular formula is C12H16BNO. The number of hydrogen-bond donors (Lipinski definition) is 0. The Morgan fingerprint density at radius 2 is 2.00 bits per heavy atom. The van der Waals surface area contributed by atoms with Crippen LogP contribution in [0.3, 0.4) is 0 Å². The summed E-state index contributed by atoms with van der Waals surface area (Å²) >= 11 is 0. The summed E-state index contributed by atoms with van der Waals surface area (Å²) in [6.07, 6.45) is 1.91. The van der Waals surface area contributed by atoms with Gasteiger partial charge >= 0.3 is 0 Å². The molecule has 0 N–H and O–H groups in total. The predicted molar refractivity (Wildman–Crippen MR) is 65.3 cm³/mol. The van der Waals surface area contributed by atoms with E-state index >= 15 is 0 Å². The van der Waals surface area contributed by atoms with Crippen molar-refractivity contribution in [3.8, 4) is 0 Å². The summed E-state index contributed by atoms with van der Waals surface area (Å²) in [7, 11) is 0. The van der Waals surface area contributed by atoms with Crippen LogP contribution in [0.15, 0.2) is 29.4 Å². The molecule has 1 heterocycles. The van der Waals surface area contributed by atoms with E-state index in [-0.39, 0.29) is 0 Å². The lowest BCUT2D eigenvalue weighted by atomic mass is 9.49. The van der Waals surface area contributed by atoms with Crippen LogP contribution in [0.5, 0.6) is 0 Å². The monoisotopic (exact) mass is 201 g/mol. The highest BCUT2D eigenvalue weighted by atomic mass is 16.6. The first-order valence-corrected chi connectivity index (χ1v) is 5.52. The second-order valence-electron chi connectivity index (χ2n) is 4.31. The van der Waals surface area contributed by atoms with E-state index in [2.05, 4.69) is 43.1 Å². The summed E-state index contributed by atoms with van der Waals surface area (Å²) in [6.45, 7) is 5.78. The molecule has 1 aromatic rings. The smallest absolute Gasteiger partial charge is 0.169 e. The molecule has 2 nitrogen and oxygen atoms in total. The minimum Gasteiger partial charge on any atom is -0.395 e. The maximum absolute atomic E-state index is 4.98. The zero-order valence-corrected chi connectivity index (χ0v) is 9.36. The summed E-state index contributed by atoms with van der Waals surface area (Å²) in [5.41, 5.74) is 3.87. The highest BCUT2D eigenvalue weighted by molar-refractivity contribution is 6.70. The van der Waals surface area contributed by atoms with Gasteiger partial charge in [-0.3, -0.25) is 0 Å². The number of oxime groups is 1. The van der Waals surface area contributed by atoms with Gasteiger partial charge in [0.15, 0.2) is 6.71 Å². The first-order chi connectivity index (χ1) is 7.25. The fourth-order valence-electron chi connectivity index (χ4n) is 1.72. The van der Waals surface area contributed by atoms with Crippen molar-refractivity contribution in [3.63, 3.8) is 0 Å². The van der Waals surface area contributed by atoms with Gasteiger partial charge in [-0.25, -0.2) is 0 Å². The molecule has 78 valence electrons. The van der Waals surface area contributed by atoms with Crippen LogP contribution in [0.1, 0.15) is 12.0 Å². The quantitative estimate of drug-likeness (QED) is 0.685. The highest BCUT2D eigenvalue weighted by Gasteiger charge is 2.09. The number of benzene rings is 1. The van der Waals surface area contributed by atoms with Gasteiger partial charge < -0.3 is 4.84 Å². The topological polar surface area (TPSA) is 21.6 Å². The van der Waals surface area contributed by atoms with Crippen LogP contribution in [-0.2, 0) is 11.3 Å². The standard InChI is InChI=1S/C12H16BNO/c1-13(2)11-5-3-10(4-6-11)9-12-7-8-15-14-12/h3-6H,7-9H2,1-2H3. The van der Waals surface area contributed by atoms with E-state index in [1.165, 1.54) is 11.0 Å². The first-order valence-electron chi connectivity index (χ1n) is 5.52. The van der Waals surface area contributed by atoms with Gasteiger partial charge in [-0.1, -0.05) is 48.5 Å². The zero-order chi connectivity index (χ0) is 10.7. The summed E-state index contributed by atoms with van der Waals surface area (Å²) < 4.78 is 0. The summed E-state index contributed by atoms with van der Waals surface area (Å²) in [5, 5.41) is 4.01. The van der Waals surface area contributed by atoms with Gasteiger partial charge in [-0.2, -0.15) is 0 Å². The largest absolute Gasteiger partial charge is 0.395 e. The van der Waals surface area contributed by atoms with Crippen LogP contribution in [0.25, 0.3) is 0 Å². The molecule has 3 heteroatoms. The maximum atomic E-state index is 4.98. The van der Waals surface area contributed by atoms with Crippen molar-refractivity contribution in [1.82, 2.24) is 0 Å². The molecule has 0 saturated carbocycles. The third kappa shape index (κ3) is 2.61. The minimum absolute atomic E-state index is 0.603. The van der Waals surface area contributed by atoms with E-state index in [1.807, 2.05) is 0 Å². The van der Waals surface area contributed by atoms with Gasteiger partial charge in [0.05, 0.1) is 5.71 Å². The summed E-state index contributed by atoms with van der Waals surface area (Å²) in [6, 6.07) is 8.79. The van der Waals surface area contributed by atoms with Crippen molar-refractivity contribution < 1.29 is 4.84 Å². The number of hydrogen-bond acceptors (Lipinski definition) is 2. The van der Waals surface area contributed by atoms with Crippen molar-refractivity contribution in [3.05, 3.63) is 29.8 Å². The Hall–Kier alpha value is -1.25. The van der Waals surface area contributed by atoms with Gasteiger partial charge in [0.1, 0.15) is 6.61 Å². The predicted octanol–water partition coefficient (Wildman–Crippen LogP) is 1.97. The van der Waals surface area contributed by atoms with Gasteiger partial charge in [-0.15, -0.1) is 0 Å². The van der Waals surface area contributed by atoms with Crippen LogP contribution >= 0.6 is 0 Å². The third-order valence-corrected chi connectivity index (χ3v) is 2.73. The molecule has 2 rings (SSSR count). The Morgan fingerprint density at radius 1 is 1.27 bits per heavy atom. The van der Waals surface area contributed by atoms with Crippen molar-refractivity contribution >= 4 is 17.9 Å². The normalized spacial score (nSPS) is 14.7. The Balaban J connectivity index is 2.03. The second kappa shape index (κ2) is 4.52. The Bertz CT molecular complexity index is 356. The van der Waals surface area contributed by atoms with Crippen molar-refractivity contribution in [2.24, 2.45) is 5.16 Å². The van der Waals surface area contributed by atoms with Crippen LogP contribution < -0.4 is 5.46 Å². The molecule has 0 saturated heterocycles. The molecule has 0 spiro atoms. The number of nitrogens with zero attached hydrogens (tertiary/aromatic N) is 1. The van der Waals surface area contributed by atoms with Crippen molar-refractivity contribution in [1.29, 1.82) is 0 Å². The Morgan fingerprint density at radius 3 is 2.53 bits per heavy atom. The lowest BCUT2D eigenvalue weighted by Crippen LogP contribution is -2.22. The van der Waals surface area contributed by atoms with Crippen LogP contribution in [0.2, 0.25) is 13.6 Å². The molecule has 0 bridgehead atoms. The second-order valence-corrected chi connectivity index (χ2v) is 4.31. The fourth-order valence-corrected chi connectivity index (χ4v) is 1.72. The molecule has 0 unspecified atom stereocenters. The molecule has 0 fully saturated rings. The van der Waals surface area contributed by atoms with E-state index in [4.69, 9.17) is 4.84 Å². The van der Waals surface area contributed by atoms with Crippen LogP contribution in [0, 0.1) is 0 Å². The Kier molecular flexibility index (Phi) is 3.09. The van der Waals surface area contributed by atoms with Crippen LogP contribution in [0.4, 0.5) is 0 Å². The molecular weight excluding hydrogens is 185 g/mol.